The summed E-state index contributed by atoms with van der Waals surface area (Å²) < 4.78 is 0. The quantitative estimate of drug-likeness (QED) is 0.856. The van der Waals surface area contributed by atoms with Gasteiger partial charge in [0.1, 0.15) is 5.69 Å². The van der Waals surface area contributed by atoms with Crippen molar-refractivity contribution in [3.05, 3.63) is 54.1 Å². The summed E-state index contributed by atoms with van der Waals surface area (Å²) in [7, 11) is 0. The molecule has 0 aliphatic carbocycles. The molecule has 0 radical (unpaired) electrons. The third-order valence-corrected chi connectivity index (χ3v) is 2.55. The van der Waals surface area contributed by atoms with Crippen molar-refractivity contribution in [2.24, 2.45) is 0 Å². The van der Waals surface area contributed by atoms with Gasteiger partial charge < -0.3 is 10.6 Å². The molecule has 5 heteroatoms. The van der Waals surface area contributed by atoms with Gasteiger partial charge in [-0.1, -0.05) is 6.07 Å². The molecule has 0 atom stereocenters. The van der Waals surface area contributed by atoms with E-state index in [1.54, 1.807) is 24.7 Å². The Morgan fingerprint density at radius 3 is 2.95 bits per heavy atom. The SMILES string of the molecule is CCNC(=O)c1cc(NCc2cccnc2)ccn1. The first kappa shape index (κ1) is 13.0. The van der Waals surface area contributed by atoms with Crippen molar-refractivity contribution >= 4 is 11.6 Å². The van der Waals surface area contributed by atoms with Gasteiger partial charge in [-0.2, -0.15) is 0 Å². The fraction of sp³-hybridized carbons (Fsp3) is 0.214. The van der Waals surface area contributed by atoms with E-state index in [0.29, 0.717) is 18.8 Å². The minimum absolute atomic E-state index is 0.160. The smallest absolute Gasteiger partial charge is 0.269 e. The summed E-state index contributed by atoms with van der Waals surface area (Å²) in [5.74, 6) is -0.160. The molecular formula is C14H16N4O. The molecule has 19 heavy (non-hydrogen) atoms. The Labute approximate surface area is 112 Å². The van der Waals surface area contributed by atoms with Gasteiger partial charge >= 0.3 is 0 Å². The number of carbonyl (C=O) groups excluding carboxylic acids is 1. The van der Waals surface area contributed by atoms with E-state index >= 15 is 0 Å². The van der Waals surface area contributed by atoms with Crippen molar-refractivity contribution in [2.45, 2.75) is 13.5 Å². The molecule has 0 bridgehead atoms. The van der Waals surface area contributed by atoms with Gasteiger partial charge in [0.25, 0.3) is 5.91 Å². The van der Waals surface area contributed by atoms with Gasteiger partial charge in [0.15, 0.2) is 0 Å². The molecule has 5 nitrogen and oxygen atoms in total. The topological polar surface area (TPSA) is 66.9 Å². The van der Waals surface area contributed by atoms with Gasteiger partial charge in [0, 0.05) is 37.4 Å². The van der Waals surface area contributed by atoms with Crippen LogP contribution in [0.4, 0.5) is 5.69 Å². The standard InChI is InChI=1S/C14H16N4O/c1-2-16-14(19)13-8-12(5-7-17-13)18-10-11-4-3-6-15-9-11/h3-9H,2,10H2,1H3,(H,16,19)(H,17,18). The molecule has 0 spiro atoms. The van der Waals surface area contributed by atoms with E-state index in [1.165, 1.54) is 0 Å². The third-order valence-electron chi connectivity index (χ3n) is 2.55. The number of aromatic nitrogens is 2. The van der Waals surface area contributed by atoms with Crippen LogP contribution in [0, 0.1) is 0 Å². The van der Waals surface area contributed by atoms with E-state index in [4.69, 9.17) is 0 Å². The fourth-order valence-electron chi connectivity index (χ4n) is 1.62. The van der Waals surface area contributed by atoms with E-state index in [-0.39, 0.29) is 5.91 Å². The van der Waals surface area contributed by atoms with E-state index in [1.807, 2.05) is 25.1 Å². The number of carbonyl (C=O) groups is 1. The van der Waals surface area contributed by atoms with E-state index in [2.05, 4.69) is 20.6 Å². The number of rotatable bonds is 5. The molecular weight excluding hydrogens is 240 g/mol. The van der Waals surface area contributed by atoms with Crippen LogP contribution in [-0.4, -0.2) is 22.4 Å². The maximum absolute atomic E-state index is 11.7. The van der Waals surface area contributed by atoms with Crippen LogP contribution in [0.1, 0.15) is 23.0 Å². The highest BCUT2D eigenvalue weighted by Crippen LogP contribution is 2.09. The highest BCUT2D eigenvalue weighted by Gasteiger charge is 2.06. The summed E-state index contributed by atoms with van der Waals surface area (Å²) in [6.45, 7) is 3.13. The minimum Gasteiger partial charge on any atom is -0.381 e. The van der Waals surface area contributed by atoms with Crippen molar-refractivity contribution in [1.29, 1.82) is 0 Å². The van der Waals surface area contributed by atoms with Crippen LogP contribution in [-0.2, 0) is 6.54 Å². The molecule has 1 amide bonds. The second-order valence-electron chi connectivity index (χ2n) is 4.00. The summed E-state index contributed by atoms with van der Waals surface area (Å²) in [6.07, 6.45) is 5.16. The van der Waals surface area contributed by atoms with Gasteiger partial charge in [0.05, 0.1) is 0 Å². The Kier molecular flexibility index (Phi) is 4.44. The molecule has 2 aromatic heterocycles. The lowest BCUT2D eigenvalue weighted by Gasteiger charge is -2.07. The summed E-state index contributed by atoms with van der Waals surface area (Å²) in [5, 5.41) is 5.96. The van der Waals surface area contributed by atoms with Gasteiger partial charge in [-0.25, -0.2) is 0 Å². The van der Waals surface area contributed by atoms with E-state index < -0.39 is 0 Å². The minimum atomic E-state index is -0.160. The van der Waals surface area contributed by atoms with Gasteiger partial charge in [-0.3, -0.25) is 14.8 Å². The summed E-state index contributed by atoms with van der Waals surface area (Å²) in [5.41, 5.74) is 2.36. The number of pyridine rings is 2. The molecule has 0 unspecified atom stereocenters. The van der Waals surface area contributed by atoms with Crippen molar-refractivity contribution in [3.63, 3.8) is 0 Å². The number of hydrogen-bond donors (Lipinski definition) is 2. The maximum atomic E-state index is 11.7. The second-order valence-corrected chi connectivity index (χ2v) is 4.00. The van der Waals surface area contributed by atoms with Crippen LogP contribution in [0.5, 0.6) is 0 Å². The predicted molar refractivity (Wildman–Crippen MR) is 73.8 cm³/mol. The normalized spacial score (nSPS) is 9.95. The maximum Gasteiger partial charge on any atom is 0.269 e. The molecule has 0 aromatic carbocycles. The largest absolute Gasteiger partial charge is 0.381 e. The monoisotopic (exact) mass is 256 g/mol. The zero-order valence-electron chi connectivity index (χ0n) is 10.8. The first-order chi connectivity index (χ1) is 9.29. The lowest BCUT2D eigenvalue weighted by Crippen LogP contribution is -2.23. The van der Waals surface area contributed by atoms with Crippen molar-refractivity contribution in [1.82, 2.24) is 15.3 Å². The van der Waals surface area contributed by atoms with Crippen LogP contribution < -0.4 is 10.6 Å². The Morgan fingerprint density at radius 1 is 1.32 bits per heavy atom. The van der Waals surface area contributed by atoms with Crippen LogP contribution in [0.15, 0.2) is 42.9 Å². The molecule has 2 heterocycles. The second kappa shape index (κ2) is 6.49. The van der Waals surface area contributed by atoms with Crippen molar-refractivity contribution in [3.8, 4) is 0 Å². The molecule has 0 aliphatic heterocycles. The first-order valence-corrected chi connectivity index (χ1v) is 6.16. The predicted octanol–water partition coefficient (Wildman–Crippen LogP) is 1.84. The number of nitrogens with zero attached hydrogens (tertiary/aromatic N) is 2. The van der Waals surface area contributed by atoms with Crippen LogP contribution in [0.25, 0.3) is 0 Å². The summed E-state index contributed by atoms with van der Waals surface area (Å²) in [4.78, 5) is 19.8. The zero-order valence-corrected chi connectivity index (χ0v) is 10.8. The number of hydrogen-bond acceptors (Lipinski definition) is 4. The highest BCUT2D eigenvalue weighted by molar-refractivity contribution is 5.93. The Bertz CT molecular complexity index is 542. The highest BCUT2D eigenvalue weighted by atomic mass is 16.1. The van der Waals surface area contributed by atoms with Crippen molar-refractivity contribution < 1.29 is 4.79 Å². The van der Waals surface area contributed by atoms with Crippen LogP contribution in [0.2, 0.25) is 0 Å². The molecule has 0 saturated carbocycles. The van der Waals surface area contributed by atoms with Gasteiger partial charge in [-0.05, 0) is 30.7 Å². The Hall–Kier alpha value is -2.43. The summed E-state index contributed by atoms with van der Waals surface area (Å²) in [6, 6.07) is 7.45. The first-order valence-electron chi connectivity index (χ1n) is 6.16. The molecule has 0 fully saturated rings. The van der Waals surface area contributed by atoms with Gasteiger partial charge in [0.2, 0.25) is 0 Å². The average molecular weight is 256 g/mol. The Balaban J connectivity index is 2.01. The lowest BCUT2D eigenvalue weighted by molar-refractivity contribution is 0.0951. The van der Waals surface area contributed by atoms with E-state index in [9.17, 15) is 4.79 Å². The zero-order chi connectivity index (χ0) is 13.5. The Morgan fingerprint density at radius 2 is 2.21 bits per heavy atom. The summed E-state index contributed by atoms with van der Waals surface area (Å²) >= 11 is 0. The molecule has 2 aromatic rings. The molecule has 2 rings (SSSR count). The fourth-order valence-corrected chi connectivity index (χ4v) is 1.62. The van der Waals surface area contributed by atoms with Crippen molar-refractivity contribution in [2.75, 3.05) is 11.9 Å². The van der Waals surface area contributed by atoms with Gasteiger partial charge in [-0.15, -0.1) is 0 Å². The molecule has 0 saturated heterocycles. The molecule has 98 valence electrons. The number of nitrogens with one attached hydrogen (secondary N) is 2. The third kappa shape index (κ3) is 3.77. The number of amides is 1. The van der Waals surface area contributed by atoms with Crippen LogP contribution in [0.3, 0.4) is 0 Å². The van der Waals surface area contributed by atoms with Crippen LogP contribution >= 0.6 is 0 Å². The molecule has 2 N–H and O–H groups in total. The molecule has 0 aliphatic rings. The number of anilines is 1. The lowest BCUT2D eigenvalue weighted by atomic mass is 10.2. The van der Waals surface area contributed by atoms with E-state index in [0.717, 1.165) is 11.3 Å². The average Bonchev–Trinajstić information content (AvgIpc) is 2.47.